The van der Waals surface area contributed by atoms with Gasteiger partial charge < -0.3 is 9.84 Å². The van der Waals surface area contributed by atoms with Crippen LogP contribution >= 0.6 is 11.3 Å². The molecule has 0 aliphatic heterocycles. The van der Waals surface area contributed by atoms with E-state index in [1.165, 1.54) is 9.44 Å². The van der Waals surface area contributed by atoms with Crippen molar-refractivity contribution >= 4 is 27.5 Å². The van der Waals surface area contributed by atoms with Crippen LogP contribution in [0.4, 0.5) is 0 Å². The number of ether oxygens (including phenoxy) is 1. The normalized spacial score (nSPS) is 17.2. The standard InChI is InChI=1S/C17H22N2O4S/c1-10-3-4-11-12(9-10)24-16-15(11)17(22)19(7-5-14(20)21)13(18-16)6-8-23-2/h10H,3-9H2,1-2H3,(H,20,21). The molecule has 7 heteroatoms. The van der Waals surface area contributed by atoms with Crippen LogP contribution in [-0.2, 0) is 35.3 Å². The Labute approximate surface area is 144 Å². The highest BCUT2D eigenvalue weighted by Crippen LogP contribution is 2.35. The van der Waals surface area contributed by atoms with Crippen LogP contribution in [0.2, 0.25) is 0 Å². The number of thiophene rings is 1. The minimum absolute atomic E-state index is 0.0869. The van der Waals surface area contributed by atoms with Crippen molar-refractivity contribution in [3.8, 4) is 0 Å². The van der Waals surface area contributed by atoms with E-state index >= 15 is 0 Å². The van der Waals surface area contributed by atoms with Crippen molar-refractivity contribution in [2.75, 3.05) is 13.7 Å². The molecule has 2 aromatic heterocycles. The molecule has 130 valence electrons. The monoisotopic (exact) mass is 350 g/mol. The number of aliphatic carboxylic acids is 1. The molecule has 0 spiro atoms. The van der Waals surface area contributed by atoms with Crippen molar-refractivity contribution in [1.82, 2.24) is 9.55 Å². The summed E-state index contributed by atoms with van der Waals surface area (Å²) in [5.41, 5.74) is 1.03. The van der Waals surface area contributed by atoms with Crippen molar-refractivity contribution in [3.63, 3.8) is 0 Å². The Hall–Kier alpha value is -1.73. The van der Waals surface area contributed by atoms with Gasteiger partial charge >= 0.3 is 5.97 Å². The van der Waals surface area contributed by atoms with Crippen LogP contribution in [0.5, 0.6) is 0 Å². The molecule has 1 atom stereocenters. The second-order valence-electron chi connectivity index (χ2n) is 6.40. The molecule has 2 heterocycles. The third kappa shape index (κ3) is 3.23. The highest BCUT2D eigenvalue weighted by Gasteiger charge is 2.24. The predicted molar refractivity (Wildman–Crippen MR) is 92.9 cm³/mol. The van der Waals surface area contributed by atoms with Gasteiger partial charge in [-0.1, -0.05) is 6.92 Å². The Morgan fingerprint density at radius 3 is 3.00 bits per heavy atom. The van der Waals surface area contributed by atoms with E-state index in [0.29, 0.717) is 30.2 Å². The highest BCUT2D eigenvalue weighted by molar-refractivity contribution is 7.18. The second-order valence-corrected chi connectivity index (χ2v) is 7.49. The molecule has 24 heavy (non-hydrogen) atoms. The molecule has 0 saturated carbocycles. The van der Waals surface area contributed by atoms with E-state index in [-0.39, 0.29) is 18.5 Å². The third-order valence-corrected chi connectivity index (χ3v) is 5.72. The van der Waals surface area contributed by atoms with Crippen LogP contribution in [0.15, 0.2) is 4.79 Å². The maximum Gasteiger partial charge on any atom is 0.305 e. The van der Waals surface area contributed by atoms with Gasteiger partial charge in [-0.3, -0.25) is 14.2 Å². The molecule has 1 N–H and O–H groups in total. The number of carboxylic acid groups (broad SMARTS) is 1. The number of rotatable bonds is 6. The first-order valence-corrected chi connectivity index (χ1v) is 9.07. The SMILES string of the molecule is COCCc1nc2sc3c(c2c(=O)n1CCC(=O)O)CCC(C)C3. The molecule has 2 aromatic rings. The molecule has 0 saturated heterocycles. The van der Waals surface area contributed by atoms with Gasteiger partial charge in [-0.2, -0.15) is 0 Å². The van der Waals surface area contributed by atoms with E-state index in [9.17, 15) is 9.59 Å². The summed E-state index contributed by atoms with van der Waals surface area (Å²) >= 11 is 1.62. The Bertz CT molecular complexity index is 824. The second kappa shape index (κ2) is 7.03. The molecule has 0 aromatic carbocycles. The van der Waals surface area contributed by atoms with E-state index in [4.69, 9.17) is 14.8 Å². The van der Waals surface area contributed by atoms with Crippen LogP contribution < -0.4 is 5.56 Å². The summed E-state index contributed by atoms with van der Waals surface area (Å²) in [4.78, 5) is 30.7. The van der Waals surface area contributed by atoms with E-state index in [1.54, 1.807) is 18.4 Å². The van der Waals surface area contributed by atoms with Crippen LogP contribution in [-0.4, -0.2) is 34.3 Å². The van der Waals surface area contributed by atoms with E-state index < -0.39 is 5.97 Å². The summed E-state index contributed by atoms with van der Waals surface area (Å²) in [5, 5.41) is 9.67. The van der Waals surface area contributed by atoms with Crippen LogP contribution in [0.25, 0.3) is 10.2 Å². The summed E-state index contributed by atoms with van der Waals surface area (Å²) in [7, 11) is 1.60. The molecule has 3 rings (SSSR count). The number of nitrogens with zero attached hydrogens (tertiary/aromatic N) is 2. The van der Waals surface area contributed by atoms with Gasteiger partial charge in [0.1, 0.15) is 10.7 Å². The summed E-state index contributed by atoms with van der Waals surface area (Å²) in [6.07, 6.45) is 3.40. The zero-order valence-corrected chi connectivity index (χ0v) is 14.8. The lowest BCUT2D eigenvalue weighted by atomic mass is 9.89. The maximum atomic E-state index is 13.0. The lowest BCUT2D eigenvalue weighted by molar-refractivity contribution is -0.137. The Morgan fingerprint density at radius 2 is 2.29 bits per heavy atom. The minimum Gasteiger partial charge on any atom is -0.481 e. The van der Waals surface area contributed by atoms with Crippen molar-refractivity contribution in [3.05, 3.63) is 26.6 Å². The average molecular weight is 350 g/mol. The maximum absolute atomic E-state index is 13.0. The molecule has 1 aliphatic rings. The molecule has 0 fully saturated rings. The fourth-order valence-electron chi connectivity index (χ4n) is 3.29. The molecular weight excluding hydrogens is 328 g/mol. The molecule has 1 unspecified atom stereocenters. The number of aryl methyl sites for hydroxylation is 1. The highest BCUT2D eigenvalue weighted by atomic mass is 32.1. The van der Waals surface area contributed by atoms with Gasteiger partial charge in [0.25, 0.3) is 5.56 Å². The Kier molecular flexibility index (Phi) is 5.01. The van der Waals surface area contributed by atoms with Gasteiger partial charge in [0, 0.05) is 25.0 Å². The van der Waals surface area contributed by atoms with Crippen molar-refractivity contribution in [2.24, 2.45) is 5.92 Å². The fraction of sp³-hybridized carbons (Fsp3) is 0.588. The van der Waals surface area contributed by atoms with Crippen molar-refractivity contribution in [2.45, 2.75) is 45.6 Å². The van der Waals surface area contributed by atoms with Crippen LogP contribution in [0.1, 0.15) is 36.0 Å². The number of aromatic nitrogens is 2. The molecule has 0 amide bonds. The van der Waals surface area contributed by atoms with Gasteiger partial charge in [-0.15, -0.1) is 11.3 Å². The number of hydrogen-bond donors (Lipinski definition) is 1. The van der Waals surface area contributed by atoms with Gasteiger partial charge in [0.05, 0.1) is 18.4 Å². The fourth-order valence-corrected chi connectivity index (χ4v) is 4.68. The van der Waals surface area contributed by atoms with Gasteiger partial charge in [0.15, 0.2) is 0 Å². The van der Waals surface area contributed by atoms with Crippen LogP contribution in [0, 0.1) is 5.92 Å². The Balaban J connectivity index is 2.12. The van der Waals surface area contributed by atoms with E-state index in [1.807, 2.05) is 0 Å². The molecule has 6 nitrogen and oxygen atoms in total. The van der Waals surface area contributed by atoms with Gasteiger partial charge in [-0.05, 0) is 30.7 Å². The topological polar surface area (TPSA) is 81.4 Å². The number of carbonyl (C=O) groups is 1. The summed E-state index contributed by atoms with van der Waals surface area (Å²) in [5.74, 6) is 0.330. The lowest BCUT2D eigenvalue weighted by Gasteiger charge is -2.17. The van der Waals surface area contributed by atoms with Gasteiger partial charge in [0.2, 0.25) is 0 Å². The van der Waals surface area contributed by atoms with Crippen LogP contribution in [0.3, 0.4) is 0 Å². The summed E-state index contributed by atoms with van der Waals surface area (Å²) < 4.78 is 6.63. The number of hydrogen-bond acceptors (Lipinski definition) is 5. The zero-order valence-electron chi connectivity index (χ0n) is 14.0. The zero-order chi connectivity index (χ0) is 17.3. The quantitative estimate of drug-likeness (QED) is 0.864. The first kappa shape index (κ1) is 17.1. The average Bonchev–Trinajstić information content (AvgIpc) is 2.89. The summed E-state index contributed by atoms with van der Waals surface area (Å²) in [6, 6.07) is 0. The molecule has 0 radical (unpaired) electrons. The predicted octanol–water partition coefficient (Wildman–Crippen LogP) is 2.25. The van der Waals surface area contributed by atoms with Crippen molar-refractivity contribution in [1.29, 1.82) is 0 Å². The number of methoxy groups -OCH3 is 1. The number of carboxylic acids is 1. The first-order chi connectivity index (χ1) is 11.5. The molecular formula is C17H22N2O4S. The van der Waals surface area contributed by atoms with Crippen molar-refractivity contribution < 1.29 is 14.6 Å². The lowest BCUT2D eigenvalue weighted by Crippen LogP contribution is -2.27. The van der Waals surface area contributed by atoms with E-state index in [2.05, 4.69) is 6.92 Å². The minimum atomic E-state index is -0.916. The first-order valence-electron chi connectivity index (χ1n) is 8.26. The van der Waals surface area contributed by atoms with E-state index in [0.717, 1.165) is 29.7 Å². The molecule has 1 aliphatic carbocycles. The third-order valence-electron chi connectivity index (χ3n) is 4.57. The molecule has 0 bridgehead atoms. The summed E-state index contributed by atoms with van der Waals surface area (Å²) in [6.45, 7) is 2.83. The van der Waals surface area contributed by atoms with Gasteiger partial charge in [-0.25, -0.2) is 4.98 Å². The number of fused-ring (bicyclic) bond motifs is 3. The largest absolute Gasteiger partial charge is 0.481 e. The Morgan fingerprint density at radius 1 is 1.50 bits per heavy atom. The smallest absolute Gasteiger partial charge is 0.305 e.